The highest BCUT2D eigenvalue weighted by Crippen LogP contribution is 2.42. The van der Waals surface area contributed by atoms with Gasteiger partial charge in [-0.05, 0) is 108 Å². The van der Waals surface area contributed by atoms with Crippen LogP contribution in [0, 0.1) is 27.7 Å². The molecule has 3 heteroatoms. The monoisotopic (exact) mass is 618 g/mol. The molecule has 0 saturated carbocycles. The topological polar surface area (TPSA) is 0 Å². The third-order valence-electron chi connectivity index (χ3n) is 8.12. The first-order valence-electron chi connectivity index (χ1n) is 15.6. The zero-order chi connectivity index (χ0) is 30.0. The zero-order valence-corrected chi connectivity index (χ0v) is 28.9. The van der Waals surface area contributed by atoms with Crippen molar-refractivity contribution in [1.29, 1.82) is 0 Å². The fourth-order valence-corrected chi connectivity index (χ4v) is 13.1. The average Bonchev–Trinajstić information content (AvgIpc) is 3.03. The summed E-state index contributed by atoms with van der Waals surface area (Å²) in [5, 5.41) is 7.61. The molecule has 0 bridgehead atoms. The van der Waals surface area contributed by atoms with Crippen LogP contribution in [0.15, 0.2) is 127 Å². The number of hydrogen-bond donors (Lipinski definition) is 0. The molecule has 0 nitrogen and oxygen atoms in total. The Morgan fingerprint density at radius 1 is 0.326 bits per heavy atom. The largest absolute Gasteiger partial charge is 0.0753 e. The van der Waals surface area contributed by atoms with Crippen LogP contribution in [0.4, 0.5) is 0 Å². The number of benzene rings is 5. The normalized spacial score (nSPS) is 11.5. The van der Waals surface area contributed by atoms with Crippen molar-refractivity contribution in [3.63, 3.8) is 0 Å². The van der Waals surface area contributed by atoms with Gasteiger partial charge in [0.15, 0.2) is 0 Å². The lowest BCUT2D eigenvalue weighted by Gasteiger charge is -2.24. The van der Waals surface area contributed by atoms with E-state index in [2.05, 4.69) is 155 Å². The van der Waals surface area contributed by atoms with Gasteiger partial charge in [0.2, 0.25) is 0 Å². The summed E-state index contributed by atoms with van der Waals surface area (Å²) in [5.74, 6) is 0. The second kappa shape index (κ2) is 15.9. The van der Waals surface area contributed by atoms with Crippen molar-refractivity contribution in [3.05, 3.63) is 150 Å². The number of hydrogen-bond acceptors (Lipinski definition) is 0. The predicted molar refractivity (Wildman–Crippen MR) is 199 cm³/mol. The lowest BCUT2D eigenvalue weighted by Crippen LogP contribution is -2.16. The summed E-state index contributed by atoms with van der Waals surface area (Å²) in [6.45, 7) is 8.76. The van der Waals surface area contributed by atoms with Crippen LogP contribution in [0.3, 0.4) is 0 Å². The van der Waals surface area contributed by atoms with Crippen LogP contribution in [0.5, 0.6) is 0 Å². The molecule has 5 aromatic carbocycles. The van der Waals surface area contributed by atoms with Gasteiger partial charge >= 0.3 is 0 Å². The maximum atomic E-state index is 2.39. The summed E-state index contributed by atoms with van der Waals surface area (Å²) < 4.78 is 0. The Kier molecular flexibility index (Phi) is 11.8. The standard InChI is InChI=1S/C40H45P3/c1-32-12-20-37(21-13-32)42(38-22-14-33(2)15-23-38)30-8-28-41(36-10-6-5-7-11-36)29-9-31-43(39-24-16-34(3)17-25-39)40-26-18-35(4)19-27-40/h5-7,10-27H,8-9,28-31H2,1-4H3. The van der Waals surface area contributed by atoms with Gasteiger partial charge < -0.3 is 0 Å². The highest BCUT2D eigenvalue weighted by atomic mass is 31.1. The van der Waals surface area contributed by atoms with E-state index in [1.165, 1.54) is 81.0 Å². The van der Waals surface area contributed by atoms with E-state index in [1.54, 1.807) is 5.30 Å². The molecule has 0 fully saturated rings. The Balaban J connectivity index is 1.30. The molecule has 0 aromatic heterocycles. The molecule has 0 spiro atoms. The maximum absolute atomic E-state index is 2.39. The second-order valence-electron chi connectivity index (χ2n) is 11.7. The summed E-state index contributed by atoms with van der Waals surface area (Å²) in [5.41, 5.74) is 5.36. The minimum Gasteiger partial charge on any atom is -0.0753 e. The van der Waals surface area contributed by atoms with E-state index in [0.29, 0.717) is 0 Å². The average molecular weight is 619 g/mol. The summed E-state index contributed by atoms with van der Waals surface area (Å²) in [6.07, 6.45) is 7.68. The molecule has 0 saturated heterocycles. The quantitative estimate of drug-likeness (QED) is 0.116. The first-order valence-corrected chi connectivity index (χ1v) is 20.3. The van der Waals surface area contributed by atoms with E-state index in [4.69, 9.17) is 0 Å². The molecule has 0 atom stereocenters. The molecule has 0 unspecified atom stereocenters. The van der Waals surface area contributed by atoms with Gasteiger partial charge in [-0.15, -0.1) is 0 Å². The fraction of sp³-hybridized carbons (Fsp3) is 0.250. The SMILES string of the molecule is Cc1ccc(P(CCCP(CCCP(c2ccc(C)cc2)c2ccc(C)cc2)c2ccccc2)c2ccc(C)cc2)cc1. The van der Waals surface area contributed by atoms with Crippen LogP contribution in [0.2, 0.25) is 0 Å². The molecule has 0 radical (unpaired) electrons. The maximum Gasteiger partial charge on any atom is -0.0195 e. The van der Waals surface area contributed by atoms with Gasteiger partial charge in [0, 0.05) is 0 Å². The minimum atomic E-state index is -0.351. The van der Waals surface area contributed by atoms with E-state index in [0.717, 1.165) is 0 Å². The summed E-state index contributed by atoms with van der Waals surface area (Å²) in [7, 11) is -0.894. The zero-order valence-electron chi connectivity index (χ0n) is 26.2. The van der Waals surface area contributed by atoms with Crippen LogP contribution in [-0.2, 0) is 0 Å². The molecule has 0 aliphatic carbocycles. The smallest absolute Gasteiger partial charge is 0.0195 e. The Bertz CT molecular complexity index is 1330. The number of rotatable bonds is 13. The van der Waals surface area contributed by atoms with Crippen LogP contribution in [0.25, 0.3) is 0 Å². The molecule has 0 aliphatic heterocycles. The Morgan fingerprint density at radius 2 is 0.628 bits per heavy atom. The van der Waals surface area contributed by atoms with Gasteiger partial charge in [0.25, 0.3) is 0 Å². The Labute approximate surface area is 264 Å². The first kappa shape index (κ1) is 31.8. The lowest BCUT2D eigenvalue weighted by molar-refractivity contribution is 1.07. The van der Waals surface area contributed by atoms with Crippen LogP contribution >= 0.6 is 23.8 Å². The lowest BCUT2D eigenvalue weighted by atomic mass is 10.2. The highest BCUT2D eigenvalue weighted by Gasteiger charge is 2.18. The third kappa shape index (κ3) is 9.19. The molecule has 43 heavy (non-hydrogen) atoms. The van der Waals surface area contributed by atoms with Crippen molar-refractivity contribution < 1.29 is 0 Å². The van der Waals surface area contributed by atoms with Crippen LogP contribution in [0.1, 0.15) is 35.1 Å². The van der Waals surface area contributed by atoms with Crippen molar-refractivity contribution in [2.75, 3.05) is 24.6 Å². The van der Waals surface area contributed by atoms with Gasteiger partial charge in [-0.25, -0.2) is 0 Å². The van der Waals surface area contributed by atoms with Gasteiger partial charge in [-0.3, -0.25) is 0 Å². The molecule has 5 rings (SSSR count). The molecular formula is C40H45P3. The van der Waals surface area contributed by atoms with Crippen LogP contribution < -0.4 is 26.5 Å². The molecule has 5 aromatic rings. The predicted octanol–water partition coefficient (Wildman–Crippen LogP) is 9.07. The summed E-state index contributed by atoms with van der Waals surface area (Å²) in [6, 6.07) is 48.7. The molecule has 0 amide bonds. The molecule has 0 N–H and O–H groups in total. The first-order chi connectivity index (χ1) is 21.0. The van der Waals surface area contributed by atoms with Crippen molar-refractivity contribution in [2.24, 2.45) is 0 Å². The van der Waals surface area contributed by atoms with Crippen molar-refractivity contribution in [1.82, 2.24) is 0 Å². The minimum absolute atomic E-state index is 0.193. The molecule has 0 aliphatic rings. The number of aryl methyl sites for hydroxylation is 4. The summed E-state index contributed by atoms with van der Waals surface area (Å²) >= 11 is 0. The fourth-order valence-electron chi connectivity index (χ4n) is 5.56. The Morgan fingerprint density at radius 3 is 0.930 bits per heavy atom. The van der Waals surface area contributed by atoms with E-state index < -0.39 is 0 Å². The molecule has 220 valence electrons. The highest BCUT2D eigenvalue weighted by molar-refractivity contribution is 7.73. The Hall–Kier alpha value is -2.61. The van der Waals surface area contributed by atoms with E-state index in [9.17, 15) is 0 Å². The molecular weight excluding hydrogens is 573 g/mol. The van der Waals surface area contributed by atoms with Gasteiger partial charge in [-0.1, -0.05) is 158 Å². The van der Waals surface area contributed by atoms with Gasteiger partial charge in [0.05, 0.1) is 0 Å². The molecule has 0 heterocycles. The van der Waals surface area contributed by atoms with Crippen molar-refractivity contribution in [2.45, 2.75) is 40.5 Å². The van der Waals surface area contributed by atoms with Gasteiger partial charge in [0.1, 0.15) is 0 Å². The van der Waals surface area contributed by atoms with Gasteiger partial charge in [-0.2, -0.15) is 0 Å². The third-order valence-corrected chi connectivity index (χ3v) is 16.1. The van der Waals surface area contributed by atoms with Crippen LogP contribution in [-0.4, -0.2) is 24.6 Å². The van der Waals surface area contributed by atoms with Crippen molar-refractivity contribution >= 4 is 50.3 Å². The van der Waals surface area contributed by atoms with E-state index in [1.807, 2.05) is 0 Å². The summed E-state index contributed by atoms with van der Waals surface area (Å²) in [4.78, 5) is 0. The van der Waals surface area contributed by atoms with Crippen molar-refractivity contribution in [3.8, 4) is 0 Å². The second-order valence-corrected chi connectivity index (χ2v) is 18.8. The van der Waals surface area contributed by atoms with E-state index >= 15 is 0 Å². The van der Waals surface area contributed by atoms with E-state index in [-0.39, 0.29) is 23.8 Å².